The van der Waals surface area contributed by atoms with Gasteiger partial charge in [0, 0.05) is 25.1 Å². The Labute approximate surface area is 230 Å². The molecule has 1 spiro atoms. The van der Waals surface area contributed by atoms with E-state index in [0.29, 0.717) is 5.75 Å². The maximum absolute atomic E-state index is 13.1. The summed E-state index contributed by atoms with van der Waals surface area (Å²) >= 11 is 0. The normalized spacial score (nSPS) is 18.4. The molecule has 2 aliphatic rings. The van der Waals surface area contributed by atoms with Crippen LogP contribution in [0.25, 0.3) is 0 Å². The first-order valence-electron chi connectivity index (χ1n) is 12.9. The molecule has 0 bridgehead atoms. The topological polar surface area (TPSA) is 129 Å². The number of piperidine rings is 1. The van der Waals surface area contributed by atoms with E-state index in [2.05, 4.69) is 10.3 Å². The Balaban J connectivity index is 1.35. The van der Waals surface area contributed by atoms with Crippen LogP contribution >= 0.6 is 0 Å². The van der Waals surface area contributed by atoms with Gasteiger partial charge in [-0.1, -0.05) is 18.2 Å². The molecule has 218 valence electrons. The zero-order valence-electron chi connectivity index (χ0n) is 21.9. The van der Waals surface area contributed by atoms with Crippen LogP contribution in [-0.2, 0) is 27.4 Å². The van der Waals surface area contributed by atoms with Crippen molar-refractivity contribution >= 4 is 21.8 Å². The van der Waals surface area contributed by atoms with E-state index in [0.717, 1.165) is 23.3 Å². The van der Waals surface area contributed by atoms with Gasteiger partial charge in [-0.2, -0.15) is 13.2 Å². The van der Waals surface area contributed by atoms with Gasteiger partial charge in [-0.15, -0.1) is 0 Å². The van der Waals surface area contributed by atoms with Gasteiger partial charge < -0.3 is 20.3 Å². The molecule has 9 nitrogen and oxygen atoms in total. The fraction of sp³-hybridized carbons (Fsp3) is 0.481. The second-order valence-corrected chi connectivity index (χ2v) is 12.1. The lowest BCUT2D eigenvalue weighted by molar-refractivity contribution is -0.137. The van der Waals surface area contributed by atoms with Crippen LogP contribution in [0.2, 0.25) is 0 Å². The number of hydrogen-bond donors (Lipinski definition) is 3. The number of amides is 1. The summed E-state index contributed by atoms with van der Waals surface area (Å²) in [5, 5.41) is 20.9. The van der Waals surface area contributed by atoms with Crippen molar-refractivity contribution < 1.29 is 41.3 Å². The zero-order valence-corrected chi connectivity index (χ0v) is 22.8. The van der Waals surface area contributed by atoms with E-state index in [1.165, 1.54) is 16.4 Å². The molecule has 0 saturated carbocycles. The summed E-state index contributed by atoms with van der Waals surface area (Å²) in [7, 11) is -3.64. The van der Waals surface area contributed by atoms with E-state index < -0.39 is 39.3 Å². The number of sulfonamides is 1. The zero-order chi connectivity index (χ0) is 29.1. The van der Waals surface area contributed by atoms with Crippen LogP contribution in [0.1, 0.15) is 41.5 Å². The van der Waals surface area contributed by atoms with Crippen molar-refractivity contribution in [2.24, 2.45) is 4.99 Å². The number of amidine groups is 1. The Morgan fingerprint density at radius 1 is 1.18 bits per heavy atom. The third-order valence-electron chi connectivity index (χ3n) is 7.26. The first-order chi connectivity index (χ1) is 18.8. The average molecular weight is 584 g/mol. The Hall–Kier alpha value is -3.00. The number of carbonyl (C=O) groups is 1. The number of rotatable bonds is 10. The molecule has 40 heavy (non-hydrogen) atoms. The van der Waals surface area contributed by atoms with Crippen molar-refractivity contribution in [3.05, 3.63) is 64.7 Å². The molecule has 2 aromatic carbocycles. The molecule has 0 aromatic heterocycles. The minimum absolute atomic E-state index is 0.0554. The highest BCUT2D eigenvalue weighted by Crippen LogP contribution is 2.34. The van der Waals surface area contributed by atoms with Crippen LogP contribution in [0.5, 0.6) is 5.75 Å². The number of carbonyl (C=O) groups excluding carboxylic acids is 1. The fourth-order valence-electron chi connectivity index (χ4n) is 4.78. The molecule has 2 aliphatic heterocycles. The minimum Gasteiger partial charge on any atom is -0.493 e. The summed E-state index contributed by atoms with van der Waals surface area (Å²) < 4.78 is 72.4. The van der Waals surface area contributed by atoms with Gasteiger partial charge in [-0.3, -0.25) is 9.79 Å². The van der Waals surface area contributed by atoms with Crippen LogP contribution < -0.4 is 10.1 Å². The van der Waals surface area contributed by atoms with E-state index in [1.807, 2.05) is 6.92 Å². The highest BCUT2D eigenvalue weighted by atomic mass is 32.2. The van der Waals surface area contributed by atoms with Crippen LogP contribution in [0.4, 0.5) is 13.2 Å². The Kier molecular flexibility index (Phi) is 8.88. The number of nitrogens with one attached hydrogen (secondary N) is 1. The smallest absolute Gasteiger partial charge is 0.416 e. The molecule has 0 radical (unpaired) electrons. The first-order valence-corrected chi connectivity index (χ1v) is 14.5. The number of aliphatic hydroxyl groups excluding tert-OH is 2. The molecule has 2 aromatic rings. The average Bonchev–Trinajstić information content (AvgIpc) is 3.23. The van der Waals surface area contributed by atoms with Gasteiger partial charge >= 0.3 is 6.18 Å². The number of aliphatic hydroxyl groups is 2. The Morgan fingerprint density at radius 2 is 1.90 bits per heavy atom. The van der Waals surface area contributed by atoms with Crippen molar-refractivity contribution in [3.63, 3.8) is 0 Å². The third-order valence-corrected chi connectivity index (χ3v) is 9.13. The molecule has 0 aliphatic carbocycles. The van der Waals surface area contributed by atoms with Crippen LogP contribution in [0.3, 0.4) is 0 Å². The van der Waals surface area contributed by atoms with E-state index in [4.69, 9.17) is 9.84 Å². The summed E-state index contributed by atoms with van der Waals surface area (Å²) in [6, 6.07) is 9.87. The quantitative estimate of drug-likeness (QED) is 0.394. The molecule has 1 amide bonds. The van der Waals surface area contributed by atoms with Gasteiger partial charge in [0.15, 0.2) is 0 Å². The standard InChI is InChI=1S/C27H32F3N3O6S/c1-18-15-23(39-13-7-22(35)17-34)6-5-19(18)8-14-40(37,38)33-11-9-26(10-12-33)25(36)31-24(32-26)20-3-2-4-21(16-20)27(28,29)30/h2-6,15-16,22,34-35H,7-14,17H2,1H3,(H,31,32,36). The van der Waals surface area contributed by atoms with Gasteiger partial charge in [0.05, 0.1) is 30.6 Å². The van der Waals surface area contributed by atoms with Crippen molar-refractivity contribution in [3.8, 4) is 5.75 Å². The minimum atomic E-state index is -4.53. The van der Waals surface area contributed by atoms with Gasteiger partial charge in [-0.05, 0) is 61.6 Å². The highest BCUT2D eigenvalue weighted by Gasteiger charge is 2.47. The van der Waals surface area contributed by atoms with E-state index in [-0.39, 0.29) is 69.1 Å². The number of ether oxygens (including phenoxy) is 1. The van der Waals surface area contributed by atoms with Gasteiger partial charge in [0.2, 0.25) is 10.0 Å². The van der Waals surface area contributed by atoms with Gasteiger partial charge in [0.1, 0.15) is 17.1 Å². The van der Waals surface area contributed by atoms with Crippen molar-refractivity contribution in [2.45, 2.75) is 50.4 Å². The lowest BCUT2D eigenvalue weighted by atomic mass is 9.89. The lowest BCUT2D eigenvalue weighted by Gasteiger charge is -2.34. The number of hydrogen-bond acceptors (Lipinski definition) is 7. The molecule has 13 heteroatoms. The van der Waals surface area contributed by atoms with Crippen LogP contribution in [0.15, 0.2) is 47.5 Å². The van der Waals surface area contributed by atoms with Crippen LogP contribution in [-0.4, -0.2) is 78.4 Å². The maximum Gasteiger partial charge on any atom is 0.416 e. The van der Waals surface area contributed by atoms with Gasteiger partial charge in [0.25, 0.3) is 5.91 Å². The second kappa shape index (κ2) is 11.9. The van der Waals surface area contributed by atoms with E-state index >= 15 is 0 Å². The third kappa shape index (κ3) is 6.82. The molecule has 4 rings (SSSR count). The molecule has 1 atom stereocenters. The summed E-state index contributed by atoms with van der Waals surface area (Å²) in [6.45, 7) is 1.88. The molecule has 1 fully saturated rings. The highest BCUT2D eigenvalue weighted by molar-refractivity contribution is 7.89. The SMILES string of the molecule is Cc1cc(OCCC(O)CO)ccc1CCS(=O)(=O)N1CCC2(CC1)N=C(c1cccc(C(F)(F)F)c1)NC2=O. The predicted octanol–water partition coefficient (Wildman–Crippen LogP) is 2.42. The second-order valence-electron chi connectivity index (χ2n) is 10.1. The number of nitrogens with zero attached hydrogens (tertiary/aromatic N) is 2. The first kappa shape index (κ1) is 30.0. The molecular weight excluding hydrogens is 551 g/mol. The Bertz CT molecular complexity index is 1370. The van der Waals surface area contributed by atoms with Crippen molar-refractivity contribution in [2.75, 3.05) is 32.1 Å². The summed E-state index contributed by atoms with van der Waals surface area (Å²) in [4.78, 5) is 17.3. The fourth-order valence-corrected chi connectivity index (χ4v) is 6.26. The summed E-state index contributed by atoms with van der Waals surface area (Å²) in [6.07, 6.45) is -4.57. The molecular formula is C27H32F3N3O6S. The number of aryl methyl sites for hydroxylation is 2. The molecule has 2 heterocycles. The number of aliphatic imine (C=N–C) groups is 1. The Morgan fingerprint density at radius 3 is 2.55 bits per heavy atom. The predicted molar refractivity (Wildman–Crippen MR) is 142 cm³/mol. The molecule has 1 unspecified atom stereocenters. The van der Waals surface area contributed by atoms with Gasteiger partial charge in [-0.25, -0.2) is 12.7 Å². The summed E-state index contributed by atoms with van der Waals surface area (Å²) in [5.74, 6) is 0.0606. The van der Waals surface area contributed by atoms with E-state index in [1.54, 1.807) is 18.2 Å². The van der Waals surface area contributed by atoms with Crippen molar-refractivity contribution in [1.29, 1.82) is 0 Å². The number of alkyl halides is 3. The molecule has 3 N–H and O–H groups in total. The summed E-state index contributed by atoms with van der Waals surface area (Å²) in [5.41, 5.74) is -0.226. The maximum atomic E-state index is 13.1. The van der Waals surface area contributed by atoms with Crippen molar-refractivity contribution in [1.82, 2.24) is 9.62 Å². The largest absolute Gasteiger partial charge is 0.493 e. The van der Waals surface area contributed by atoms with E-state index in [9.17, 15) is 31.5 Å². The number of benzene rings is 2. The van der Waals surface area contributed by atoms with Crippen LogP contribution in [0, 0.1) is 6.92 Å². The lowest BCUT2D eigenvalue weighted by Crippen LogP contribution is -2.50. The monoisotopic (exact) mass is 583 g/mol. The number of halogens is 3. The molecule has 1 saturated heterocycles.